The number of ether oxygens (including phenoxy) is 4. The van der Waals surface area contributed by atoms with Gasteiger partial charge in [-0.25, -0.2) is 0 Å². The van der Waals surface area contributed by atoms with E-state index in [1.807, 2.05) is 6.08 Å². The maximum Gasteiger partial charge on any atom is 0.306 e. The lowest BCUT2D eigenvalue weighted by Crippen LogP contribution is -2.56. The fraction of sp³-hybridized carbons (Fsp3) is 0.731. The van der Waals surface area contributed by atoms with Gasteiger partial charge in [0.2, 0.25) is 0 Å². The minimum Gasteiger partial charge on any atom is -0.466 e. The van der Waals surface area contributed by atoms with Crippen LogP contribution in [0.25, 0.3) is 0 Å². The molecule has 0 bridgehead atoms. The molecule has 78 heavy (non-hydrogen) atoms. The van der Waals surface area contributed by atoms with Gasteiger partial charge in [-0.2, -0.15) is 0 Å². The van der Waals surface area contributed by atoms with Crippen LogP contribution in [0.15, 0.2) is 72.4 Å². The predicted octanol–water partition coefficient (Wildman–Crippen LogP) is 15.4. The number of aliphatic hydroxyl groups is 1. The summed E-state index contributed by atoms with van der Waals surface area (Å²) in [5.41, 5.74) is 0.215. The van der Waals surface area contributed by atoms with Gasteiger partial charge in [0.1, 0.15) is 12.7 Å². The number of aliphatic hydroxyl groups excluding tert-OH is 1. The van der Waals surface area contributed by atoms with E-state index in [1.54, 1.807) is 12.2 Å². The molecule has 0 amide bonds. The molecule has 4 aliphatic rings. The lowest BCUT2D eigenvalue weighted by molar-refractivity contribution is -0.158. The number of fused-ring (bicyclic) bond motifs is 5. The first-order valence-electron chi connectivity index (χ1n) is 31.1. The summed E-state index contributed by atoms with van der Waals surface area (Å²) in [5, 5.41) is 11.8. The van der Waals surface area contributed by atoms with Crippen molar-refractivity contribution in [3.63, 3.8) is 0 Å². The molecule has 0 aliphatic heterocycles. The highest BCUT2D eigenvalue weighted by Crippen LogP contribution is 2.67. The van der Waals surface area contributed by atoms with E-state index in [9.17, 15) is 33.9 Å². The molecular formula is C67H104O11. The topological polar surface area (TPSA) is 160 Å². The molecule has 9 atom stereocenters. The molecule has 11 nitrogen and oxygen atoms in total. The lowest BCUT2D eigenvalue weighted by Gasteiger charge is -2.58. The molecule has 0 radical (unpaired) electrons. The Morgan fingerprint density at radius 2 is 1.13 bits per heavy atom. The number of Topliss-reactive ketones (excluding diaryl/α,β-unsaturated/α-hetero) is 1. The molecule has 0 aromatic rings. The van der Waals surface area contributed by atoms with Gasteiger partial charge in [-0.05, 0) is 138 Å². The smallest absolute Gasteiger partial charge is 0.306 e. The summed E-state index contributed by atoms with van der Waals surface area (Å²) in [5.74, 6) is -2.13. The number of hydrogen-bond acceptors (Lipinski definition) is 11. The summed E-state index contributed by atoms with van der Waals surface area (Å²) in [6, 6.07) is 0. The van der Waals surface area contributed by atoms with Crippen molar-refractivity contribution in [1.82, 2.24) is 0 Å². The molecular weight excluding hydrogens is 981 g/mol. The molecule has 11 heteroatoms. The second-order valence-electron chi connectivity index (χ2n) is 23.7. The van der Waals surface area contributed by atoms with E-state index in [1.165, 1.54) is 44.9 Å². The number of allylic oxidation sites excluding steroid dienone is 12. The number of carbonyl (C=O) groups excluding carboxylic acids is 6. The van der Waals surface area contributed by atoms with Crippen molar-refractivity contribution in [3.8, 4) is 0 Å². The van der Waals surface area contributed by atoms with Crippen LogP contribution in [0.4, 0.5) is 0 Å². The predicted molar refractivity (Wildman–Crippen MR) is 311 cm³/mol. The fourth-order valence-corrected chi connectivity index (χ4v) is 13.3. The van der Waals surface area contributed by atoms with E-state index < -0.39 is 47.5 Å². The zero-order valence-corrected chi connectivity index (χ0v) is 49.2. The molecule has 0 aromatic carbocycles. The quantitative estimate of drug-likeness (QED) is 0.0269. The second-order valence-corrected chi connectivity index (χ2v) is 23.7. The van der Waals surface area contributed by atoms with Crippen molar-refractivity contribution in [2.24, 2.45) is 40.4 Å². The van der Waals surface area contributed by atoms with Crippen molar-refractivity contribution in [3.05, 3.63) is 72.4 Å². The van der Waals surface area contributed by atoms with Gasteiger partial charge in [0.25, 0.3) is 0 Å². The van der Waals surface area contributed by atoms with Crippen molar-refractivity contribution >= 4 is 35.4 Å². The lowest BCUT2D eigenvalue weighted by atomic mass is 9.46. The normalized spacial score (nSPS) is 25.1. The Hall–Kier alpha value is -4.38. The van der Waals surface area contributed by atoms with Crippen molar-refractivity contribution in [2.45, 2.75) is 252 Å². The first-order valence-corrected chi connectivity index (χ1v) is 31.1. The third-order valence-electron chi connectivity index (χ3n) is 17.5. The van der Waals surface area contributed by atoms with Gasteiger partial charge in [-0.1, -0.05) is 159 Å². The van der Waals surface area contributed by atoms with Gasteiger partial charge < -0.3 is 24.1 Å². The Labute approximate surface area is 471 Å². The Bertz CT molecular complexity index is 2010. The summed E-state index contributed by atoms with van der Waals surface area (Å²) in [4.78, 5) is 77.8. The summed E-state index contributed by atoms with van der Waals surface area (Å²) in [6.07, 6.45) is 49.5. The minimum atomic E-state index is -0.713. The Morgan fingerprint density at radius 1 is 0.641 bits per heavy atom. The number of rotatable bonds is 41. The maximum absolute atomic E-state index is 14.0. The van der Waals surface area contributed by atoms with E-state index >= 15 is 0 Å². The zero-order valence-electron chi connectivity index (χ0n) is 49.2. The van der Waals surface area contributed by atoms with Gasteiger partial charge in [-0.15, -0.1) is 0 Å². The van der Waals surface area contributed by atoms with Crippen LogP contribution in [-0.4, -0.2) is 72.6 Å². The molecule has 4 aliphatic carbocycles. The second kappa shape index (κ2) is 37.5. The van der Waals surface area contributed by atoms with E-state index in [2.05, 4.69) is 83.2 Å². The third kappa shape index (κ3) is 23.4. The summed E-state index contributed by atoms with van der Waals surface area (Å²) in [6.45, 7) is 10.4. The Balaban J connectivity index is 1.16. The Kier molecular flexibility index (Phi) is 31.8. The zero-order chi connectivity index (χ0) is 56.4. The number of esters is 4. The van der Waals surface area contributed by atoms with Crippen LogP contribution in [0.5, 0.6) is 0 Å². The van der Waals surface area contributed by atoms with E-state index in [0.29, 0.717) is 19.3 Å². The molecule has 3 fully saturated rings. The van der Waals surface area contributed by atoms with E-state index in [0.717, 1.165) is 121 Å². The van der Waals surface area contributed by atoms with Crippen LogP contribution < -0.4 is 0 Å². The fourth-order valence-electron chi connectivity index (χ4n) is 13.3. The van der Waals surface area contributed by atoms with Crippen LogP contribution >= 0.6 is 0 Å². The highest BCUT2D eigenvalue weighted by Gasteiger charge is 2.64. The van der Waals surface area contributed by atoms with E-state index in [-0.39, 0.29) is 86.1 Å². The van der Waals surface area contributed by atoms with Crippen LogP contribution in [-0.2, 0) is 47.7 Å². The number of ketones is 2. The molecule has 3 saturated carbocycles. The summed E-state index contributed by atoms with van der Waals surface area (Å²) in [7, 11) is 0. The largest absolute Gasteiger partial charge is 0.466 e. The molecule has 438 valence electrons. The first-order chi connectivity index (χ1) is 37.7. The van der Waals surface area contributed by atoms with Gasteiger partial charge in [0.05, 0.1) is 32.2 Å². The highest BCUT2D eigenvalue weighted by atomic mass is 16.6. The average molecular weight is 1090 g/mol. The molecule has 1 N–H and O–H groups in total. The third-order valence-corrected chi connectivity index (χ3v) is 17.5. The molecule has 3 unspecified atom stereocenters. The van der Waals surface area contributed by atoms with Crippen LogP contribution in [0.1, 0.15) is 240 Å². The number of hydrogen-bond donors (Lipinski definition) is 1. The van der Waals surface area contributed by atoms with Gasteiger partial charge in [0.15, 0.2) is 11.6 Å². The first kappa shape index (κ1) is 66.1. The maximum atomic E-state index is 14.0. The number of unbranched alkanes of at least 4 members (excludes halogenated alkanes) is 16. The average Bonchev–Trinajstić information content (AvgIpc) is 3.93. The van der Waals surface area contributed by atoms with E-state index in [4.69, 9.17) is 18.9 Å². The van der Waals surface area contributed by atoms with Gasteiger partial charge in [-0.3, -0.25) is 28.8 Å². The standard InChI is InChI=1S/C67H104O11/c1-6-8-10-12-14-16-18-20-22-24-26-28-30-32-34-36-60(71)75-46-43-55(44-47-76-61(72)37-35-33-31-29-27-25-23-21-19-17-15-13-11-9-7-2)78-63(74)41-40-62(73)77-51-59(70)64-52(3)48-57-56-39-38-53-49-54(68)42-45-66(53,4)65(56)58(69)50-67(57,64)5/h14,16-17,19-20,22-23,25,42,45,49,52,55-58,64-65,69H,6-13,15,18,21,24,26-41,43-44,46-48,50-51H2,1-5H3/b16-14-,19-17-,22-20-,25-23-/t52-,55?,56+,57?,58+,64-,65?,66+,67+/m1/s1. The molecule has 0 aromatic heterocycles. The van der Waals surface area contributed by atoms with Crippen LogP contribution in [0, 0.1) is 40.4 Å². The highest BCUT2D eigenvalue weighted by molar-refractivity contribution is 6.01. The van der Waals surface area contributed by atoms with Gasteiger partial charge in [0, 0.05) is 42.9 Å². The van der Waals surface area contributed by atoms with Crippen molar-refractivity contribution < 1.29 is 52.8 Å². The monoisotopic (exact) mass is 1080 g/mol. The Morgan fingerprint density at radius 3 is 1.69 bits per heavy atom. The number of carbonyl (C=O) groups is 6. The minimum absolute atomic E-state index is 0.00695. The summed E-state index contributed by atoms with van der Waals surface area (Å²) < 4.78 is 22.4. The molecule has 0 saturated heterocycles. The van der Waals surface area contributed by atoms with Crippen molar-refractivity contribution in [1.29, 1.82) is 0 Å². The SMILES string of the molecule is CCCCC/C=C\C/C=C\CCCCCCCC(=O)OCCC(CCOC(=O)CCCCCC/C=C\C/C=C\CCCCCC)OC(=O)CCC(=O)OCC(=O)[C@H]1[C@H](C)CC2[C@@H]3CCC4=CC(=O)C=C[C@]4(C)C3[C@@H](O)C[C@@]21C. The van der Waals surface area contributed by atoms with Gasteiger partial charge >= 0.3 is 23.9 Å². The van der Waals surface area contributed by atoms with Crippen LogP contribution in [0.2, 0.25) is 0 Å². The molecule has 0 spiro atoms. The molecule has 0 heterocycles. The summed E-state index contributed by atoms with van der Waals surface area (Å²) >= 11 is 0. The van der Waals surface area contributed by atoms with Crippen molar-refractivity contribution in [2.75, 3.05) is 19.8 Å². The molecule has 4 rings (SSSR count). The van der Waals surface area contributed by atoms with Crippen LogP contribution in [0.3, 0.4) is 0 Å².